The Hall–Kier alpha value is -0.640. The van der Waals surface area contributed by atoms with Crippen LogP contribution in [-0.4, -0.2) is 16.5 Å². The predicted molar refractivity (Wildman–Crippen MR) is 74.1 cm³/mol. The van der Waals surface area contributed by atoms with E-state index in [4.69, 9.17) is 0 Å². The minimum atomic E-state index is 0.504. The van der Waals surface area contributed by atoms with Crippen LogP contribution in [0.1, 0.15) is 39.4 Å². The Morgan fingerprint density at radius 2 is 2.12 bits per heavy atom. The molecule has 1 saturated carbocycles. The third kappa shape index (κ3) is 2.97. The average Bonchev–Trinajstić information content (AvgIpc) is 3.06. The molecule has 0 spiro atoms. The third-order valence-corrected chi connectivity index (χ3v) is 4.20. The molecule has 3 nitrogen and oxygen atoms in total. The molecule has 0 saturated heterocycles. The Morgan fingerprint density at radius 1 is 1.41 bits per heavy atom. The number of halogens is 1. The Labute approximate surface area is 112 Å². The number of hydrogen-bond acceptors (Lipinski definition) is 3. The summed E-state index contributed by atoms with van der Waals surface area (Å²) in [6.07, 6.45) is 3.54. The molecule has 1 N–H and O–H groups in total. The van der Waals surface area contributed by atoms with Crippen molar-refractivity contribution in [3.05, 3.63) is 16.5 Å². The summed E-state index contributed by atoms with van der Waals surface area (Å²) < 4.78 is 0.862. The summed E-state index contributed by atoms with van der Waals surface area (Å²) in [4.78, 5) is 8.80. The van der Waals surface area contributed by atoms with Crippen molar-refractivity contribution in [3.8, 4) is 0 Å². The average molecular weight is 298 g/mol. The second-order valence-corrected chi connectivity index (χ2v) is 6.03. The summed E-state index contributed by atoms with van der Waals surface area (Å²) in [6.45, 7) is 7.71. The topological polar surface area (TPSA) is 37.8 Å². The van der Waals surface area contributed by atoms with E-state index >= 15 is 0 Å². The minimum absolute atomic E-state index is 0.504. The fourth-order valence-corrected chi connectivity index (χ4v) is 2.52. The number of nitrogens with zero attached hydrogens (tertiary/aromatic N) is 2. The van der Waals surface area contributed by atoms with Gasteiger partial charge in [-0.2, -0.15) is 0 Å². The van der Waals surface area contributed by atoms with Gasteiger partial charge >= 0.3 is 0 Å². The standard InChI is InChI=1S/C13H20BrN3/c1-4-11-16-10(14)7-12(17-11)15-8-13(5-6-13)9(2)3/h7,9H,4-6,8H2,1-3H3,(H,15,16,17). The van der Waals surface area contributed by atoms with E-state index in [2.05, 4.69) is 52.0 Å². The predicted octanol–water partition coefficient (Wildman–Crippen LogP) is 3.65. The monoisotopic (exact) mass is 297 g/mol. The van der Waals surface area contributed by atoms with E-state index in [0.717, 1.165) is 35.1 Å². The van der Waals surface area contributed by atoms with Gasteiger partial charge in [0.05, 0.1) is 0 Å². The van der Waals surface area contributed by atoms with Gasteiger partial charge in [0.2, 0.25) is 0 Å². The number of nitrogens with one attached hydrogen (secondary N) is 1. The van der Waals surface area contributed by atoms with Crippen LogP contribution in [-0.2, 0) is 6.42 Å². The van der Waals surface area contributed by atoms with Crippen molar-refractivity contribution in [2.45, 2.75) is 40.0 Å². The van der Waals surface area contributed by atoms with E-state index in [-0.39, 0.29) is 0 Å². The normalized spacial score (nSPS) is 17.2. The zero-order valence-corrected chi connectivity index (χ0v) is 12.3. The van der Waals surface area contributed by atoms with Crippen LogP contribution in [0.3, 0.4) is 0 Å². The van der Waals surface area contributed by atoms with Crippen LogP contribution >= 0.6 is 15.9 Å². The van der Waals surface area contributed by atoms with Crippen LogP contribution in [0.4, 0.5) is 5.82 Å². The summed E-state index contributed by atoms with van der Waals surface area (Å²) in [5.74, 6) is 2.57. The maximum Gasteiger partial charge on any atom is 0.131 e. The van der Waals surface area contributed by atoms with Crippen LogP contribution in [0.2, 0.25) is 0 Å². The summed E-state index contributed by atoms with van der Waals surface area (Å²) in [5.41, 5.74) is 0.504. The molecule has 1 heterocycles. The highest BCUT2D eigenvalue weighted by molar-refractivity contribution is 9.10. The molecule has 4 heteroatoms. The lowest BCUT2D eigenvalue weighted by molar-refractivity contribution is 0.380. The fourth-order valence-electron chi connectivity index (χ4n) is 2.10. The van der Waals surface area contributed by atoms with Gasteiger partial charge in [0.15, 0.2) is 0 Å². The largest absolute Gasteiger partial charge is 0.369 e. The first-order valence-electron chi connectivity index (χ1n) is 6.33. The van der Waals surface area contributed by atoms with Gasteiger partial charge in [-0.25, -0.2) is 9.97 Å². The minimum Gasteiger partial charge on any atom is -0.369 e. The molecule has 0 atom stereocenters. The molecular weight excluding hydrogens is 278 g/mol. The zero-order chi connectivity index (χ0) is 12.5. The van der Waals surface area contributed by atoms with Crippen LogP contribution in [0.15, 0.2) is 10.7 Å². The number of hydrogen-bond donors (Lipinski definition) is 1. The highest BCUT2D eigenvalue weighted by atomic mass is 79.9. The van der Waals surface area contributed by atoms with E-state index in [1.54, 1.807) is 0 Å². The zero-order valence-electron chi connectivity index (χ0n) is 10.8. The lowest BCUT2D eigenvalue weighted by atomic mass is 9.92. The van der Waals surface area contributed by atoms with Crippen LogP contribution < -0.4 is 5.32 Å². The SMILES string of the molecule is CCc1nc(Br)cc(NCC2(C(C)C)CC2)n1. The van der Waals surface area contributed by atoms with Crippen molar-refractivity contribution in [2.24, 2.45) is 11.3 Å². The first kappa shape index (κ1) is 12.8. The third-order valence-electron chi connectivity index (χ3n) is 3.80. The molecule has 0 radical (unpaired) electrons. The van der Waals surface area contributed by atoms with Crippen LogP contribution in [0.25, 0.3) is 0 Å². The maximum atomic E-state index is 4.49. The molecule has 94 valence electrons. The molecule has 0 aromatic carbocycles. The first-order chi connectivity index (χ1) is 8.05. The lowest BCUT2D eigenvalue weighted by Gasteiger charge is -2.20. The summed E-state index contributed by atoms with van der Waals surface area (Å²) in [5, 5.41) is 3.46. The van der Waals surface area contributed by atoms with Gasteiger partial charge in [0.1, 0.15) is 16.2 Å². The number of aryl methyl sites for hydroxylation is 1. The van der Waals surface area contributed by atoms with Crippen molar-refractivity contribution < 1.29 is 0 Å². The molecular formula is C13H20BrN3. The van der Waals surface area contributed by atoms with Crippen LogP contribution in [0, 0.1) is 11.3 Å². The number of rotatable bonds is 5. The van der Waals surface area contributed by atoms with Crippen LogP contribution in [0.5, 0.6) is 0 Å². The number of aromatic nitrogens is 2. The second kappa shape index (κ2) is 4.92. The van der Waals surface area contributed by atoms with Crippen molar-refractivity contribution in [3.63, 3.8) is 0 Å². The van der Waals surface area contributed by atoms with Gasteiger partial charge in [0, 0.05) is 19.0 Å². The second-order valence-electron chi connectivity index (χ2n) is 5.22. The van der Waals surface area contributed by atoms with Gasteiger partial charge in [0.25, 0.3) is 0 Å². The first-order valence-corrected chi connectivity index (χ1v) is 7.12. The molecule has 0 amide bonds. The Morgan fingerprint density at radius 3 is 2.65 bits per heavy atom. The van der Waals surface area contributed by atoms with Gasteiger partial charge in [-0.05, 0) is 40.1 Å². The maximum absolute atomic E-state index is 4.49. The Bertz CT molecular complexity index is 400. The quantitative estimate of drug-likeness (QED) is 0.843. The molecule has 1 aliphatic rings. The summed E-state index contributed by atoms with van der Waals surface area (Å²) in [7, 11) is 0. The molecule has 1 aliphatic carbocycles. The molecule has 0 unspecified atom stereocenters. The van der Waals surface area contributed by atoms with E-state index in [9.17, 15) is 0 Å². The molecule has 1 aromatic rings. The fraction of sp³-hybridized carbons (Fsp3) is 0.692. The molecule has 1 aromatic heterocycles. The molecule has 0 aliphatic heterocycles. The van der Waals surface area contributed by atoms with Crippen molar-refractivity contribution >= 4 is 21.7 Å². The van der Waals surface area contributed by atoms with Crippen molar-refractivity contribution in [1.29, 1.82) is 0 Å². The van der Waals surface area contributed by atoms with Crippen molar-refractivity contribution in [2.75, 3.05) is 11.9 Å². The molecule has 0 bridgehead atoms. The van der Waals surface area contributed by atoms with Gasteiger partial charge in [-0.1, -0.05) is 20.8 Å². The summed E-state index contributed by atoms with van der Waals surface area (Å²) in [6, 6.07) is 1.95. The highest BCUT2D eigenvalue weighted by Gasteiger charge is 2.44. The van der Waals surface area contributed by atoms with Gasteiger partial charge in [-0.15, -0.1) is 0 Å². The van der Waals surface area contributed by atoms with E-state index in [1.165, 1.54) is 12.8 Å². The Kier molecular flexibility index (Phi) is 3.71. The van der Waals surface area contributed by atoms with Gasteiger partial charge in [-0.3, -0.25) is 0 Å². The van der Waals surface area contributed by atoms with E-state index in [1.807, 2.05) is 6.07 Å². The summed E-state index contributed by atoms with van der Waals surface area (Å²) >= 11 is 3.43. The smallest absolute Gasteiger partial charge is 0.131 e. The number of anilines is 1. The molecule has 1 fully saturated rings. The van der Waals surface area contributed by atoms with Crippen molar-refractivity contribution in [1.82, 2.24) is 9.97 Å². The molecule has 2 rings (SSSR count). The van der Waals surface area contributed by atoms with E-state index in [0.29, 0.717) is 5.41 Å². The van der Waals surface area contributed by atoms with E-state index < -0.39 is 0 Å². The molecule has 17 heavy (non-hydrogen) atoms. The van der Waals surface area contributed by atoms with Gasteiger partial charge < -0.3 is 5.32 Å². The lowest BCUT2D eigenvalue weighted by Crippen LogP contribution is -2.21. The highest BCUT2D eigenvalue weighted by Crippen LogP contribution is 2.51. The Balaban J connectivity index is 2.02.